The zero-order chi connectivity index (χ0) is 15.5. The average molecular weight is 293 g/mol. The first-order chi connectivity index (χ1) is 9.82. The average Bonchev–Trinajstić information content (AvgIpc) is 2.47. The van der Waals surface area contributed by atoms with Crippen LogP contribution in [0.15, 0.2) is 57.4 Å². The van der Waals surface area contributed by atoms with Crippen molar-refractivity contribution in [2.75, 3.05) is 0 Å². The van der Waals surface area contributed by atoms with Crippen LogP contribution in [0.25, 0.3) is 0 Å². The van der Waals surface area contributed by atoms with Crippen LogP contribution in [-0.4, -0.2) is 42.5 Å². The highest BCUT2D eigenvalue weighted by Gasteiger charge is 2.38. The van der Waals surface area contributed by atoms with E-state index in [0.717, 1.165) is 0 Å². The molecule has 8 nitrogen and oxygen atoms in total. The fourth-order valence-corrected chi connectivity index (χ4v) is 2.40. The van der Waals surface area contributed by atoms with Gasteiger partial charge in [0.2, 0.25) is 17.3 Å². The zero-order valence-electron chi connectivity index (χ0n) is 10.5. The van der Waals surface area contributed by atoms with E-state index in [-0.39, 0.29) is 29.0 Å². The van der Waals surface area contributed by atoms with Crippen LogP contribution >= 0.6 is 0 Å². The van der Waals surface area contributed by atoms with Crippen molar-refractivity contribution < 1.29 is 35.4 Å². The number of rotatable bonds is 0. The monoisotopic (exact) mass is 293 g/mol. The molecule has 0 fully saturated rings. The van der Waals surface area contributed by atoms with Crippen LogP contribution in [0.4, 0.5) is 0 Å². The van der Waals surface area contributed by atoms with E-state index in [1.807, 2.05) is 0 Å². The van der Waals surface area contributed by atoms with Gasteiger partial charge in [0.25, 0.3) is 0 Å². The molecule has 0 saturated carbocycles. The van der Waals surface area contributed by atoms with Gasteiger partial charge < -0.3 is 36.0 Å². The van der Waals surface area contributed by atoms with Gasteiger partial charge in [0.1, 0.15) is 6.10 Å². The number of Topliss-reactive ketones (excluding diaryl/α,β-unsaturated/α-hetero) is 1. The smallest absolute Gasteiger partial charge is 0.205 e. The third kappa shape index (κ3) is 1.62. The summed E-state index contributed by atoms with van der Waals surface area (Å²) in [6.45, 7) is 0. The molecule has 0 saturated heterocycles. The molecule has 0 bridgehead atoms. The number of allylic oxidation sites excluding steroid dienone is 3. The maximum Gasteiger partial charge on any atom is 0.205 e. The highest BCUT2D eigenvalue weighted by atomic mass is 16.4. The van der Waals surface area contributed by atoms with E-state index >= 15 is 0 Å². The molecule has 0 spiro atoms. The van der Waals surface area contributed by atoms with Crippen molar-refractivity contribution in [3.63, 3.8) is 0 Å². The number of nitrogens with one attached hydrogen (secondary N) is 1. The first-order valence-corrected chi connectivity index (χ1v) is 5.94. The minimum absolute atomic E-state index is 0.0150. The van der Waals surface area contributed by atoms with Gasteiger partial charge >= 0.3 is 0 Å². The molecule has 3 rings (SSSR count). The summed E-state index contributed by atoms with van der Waals surface area (Å²) in [5.41, 5.74) is 0.155. The summed E-state index contributed by atoms with van der Waals surface area (Å²) in [5, 5.41) is 60.5. The maximum absolute atomic E-state index is 11.5. The number of ketones is 1. The predicted octanol–water partition coefficient (Wildman–Crippen LogP) is 0.542. The SMILES string of the molecule is O=C1CC2=C(NC3=C(O)C(O)=C(O)C(O)C3=C2)C(O)=C1O. The van der Waals surface area contributed by atoms with Crippen LogP contribution in [0.2, 0.25) is 0 Å². The van der Waals surface area contributed by atoms with Crippen molar-refractivity contribution in [1.82, 2.24) is 5.32 Å². The Morgan fingerprint density at radius 2 is 1.62 bits per heavy atom. The Labute approximate surface area is 117 Å². The van der Waals surface area contributed by atoms with E-state index in [2.05, 4.69) is 5.32 Å². The Balaban J connectivity index is 2.18. The predicted molar refractivity (Wildman–Crippen MR) is 68.1 cm³/mol. The van der Waals surface area contributed by atoms with E-state index < -0.39 is 40.7 Å². The van der Waals surface area contributed by atoms with Gasteiger partial charge in [-0.3, -0.25) is 4.79 Å². The van der Waals surface area contributed by atoms with E-state index in [1.54, 1.807) is 0 Å². The van der Waals surface area contributed by atoms with Gasteiger partial charge in [0, 0.05) is 12.0 Å². The second-order valence-corrected chi connectivity index (χ2v) is 4.78. The van der Waals surface area contributed by atoms with Gasteiger partial charge in [0.15, 0.2) is 17.3 Å². The number of dihydropyridines is 1. The minimum atomic E-state index is -1.59. The lowest BCUT2D eigenvalue weighted by molar-refractivity contribution is -0.117. The summed E-state index contributed by atoms with van der Waals surface area (Å²) < 4.78 is 0. The van der Waals surface area contributed by atoms with Gasteiger partial charge in [-0.15, -0.1) is 0 Å². The molecule has 2 aliphatic carbocycles. The normalized spacial score (nSPS) is 25.7. The van der Waals surface area contributed by atoms with E-state index in [9.17, 15) is 35.4 Å². The molecule has 110 valence electrons. The molecule has 0 aromatic carbocycles. The number of aliphatic hydroxyl groups excluding tert-OH is 6. The van der Waals surface area contributed by atoms with Crippen molar-refractivity contribution in [3.05, 3.63) is 57.4 Å². The van der Waals surface area contributed by atoms with Gasteiger partial charge in [-0.05, 0) is 11.6 Å². The molecule has 3 aliphatic rings. The van der Waals surface area contributed by atoms with Crippen molar-refractivity contribution in [1.29, 1.82) is 0 Å². The molecule has 1 aliphatic heterocycles. The highest BCUT2D eigenvalue weighted by Crippen LogP contribution is 2.37. The molecule has 0 aromatic heterocycles. The maximum atomic E-state index is 11.5. The van der Waals surface area contributed by atoms with Crippen molar-refractivity contribution in [3.8, 4) is 0 Å². The molecular formula is C13H11NO7. The fraction of sp³-hybridized carbons (Fsp3) is 0.154. The van der Waals surface area contributed by atoms with Gasteiger partial charge in [0.05, 0.1) is 11.4 Å². The number of carbonyl (C=O) groups excluding carboxylic acids is 1. The number of fused-ring (bicyclic) bond motifs is 1. The Bertz CT molecular complexity index is 736. The van der Waals surface area contributed by atoms with Crippen LogP contribution in [0, 0.1) is 0 Å². The second-order valence-electron chi connectivity index (χ2n) is 4.78. The highest BCUT2D eigenvalue weighted by molar-refractivity contribution is 5.98. The quantitative estimate of drug-likeness (QED) is 0.342. The molecule has 7 N–H and O–H groups in total. The first-order valence-electron chi connectivity index (χ1n) is 5.94. The van der Waals surface area contributed by atoms with E-state index in [0.29, 0.717) is 0 Å². The third-order valence-corrected chi connectivity index (χ3v) is 3.52. The number of carbonyl (C=O) groups is 1. The van der Waals surface area contributed by atoms with Crippen LogP contribution < -0.4 is 5.32 Å². The van der Waals surface area contributed by atoms with Crippen LogP contribution in [0.3, 0.4) is 0 Å². The number of aliphatic hydroxyl groups is 6. The van der Waals surface area contributed by atoms with E-state index in [1.165, 1.54) is 6.08 Å². The lowest BCUT2D eigenvalue weighted by atomic mass is 9.87. The number of hydrogen-bond donors (Lipinski definition) is 7. The summed E-state index contributed by atoms with van der Waals surface area (Å²) in [6.07, 6.45) is -0.515. The van der Waals surface area contributed by atoms with Gasteiger partial charge in [-0.2, -0.15) is 0 Å². The Kier molecular flexibility index (Phi) is 2.54. The van der Waals surface area contributed by atoms with Crippen LogP contribution in [0.1, 0.15) is 6.42 Å². The topological polar surface area (TPSA) is 150 Å². The molecule has 8 heteroatoms. The molecule has 0 aromatic rings. The van der Waals surface area contributed by atoms with Crippen LogP contribution in [0.5, 0.6) is 0 Å². The summed E-state index contributed by atoms with van der Waals surface area (Å²) in [4.78, 5) is 11.5. The largest absolute Gasteiger partial charge is 0.506 e. The van der Waals surface area contributed by atoms with Crippen molar-refractivity contribution in [2.45, 2.75) is 12.5 Å². The molecule has 1 atom stereocenters. The standard InChI is InChI=1S/C13H11NO7/c15-5-2-3-1-4-7(14-6(3)10(18)9(5)17)11(19)13(21)12(20)8(4)16/h1,8,14,16-21H,2H2. The Morgan fingerprint density at radius 1 is 0.952 bits per heavy atom. The summed E-state index contributed by atoms with van der Waals surface area (Å²) in [5.74, 6) is -4.64. The molecule has 1 heterocycles. The minimum Gasteiger partial charge on any atom is -0.506 e. The summed E-state index contributed by atoms with van der Waals surface area (Å²) >= 11 is 0. The second kappa shape index (κ2) is 4.06. The van der Waals surface area contributed by atoms with Gasteiger partial charge in [-0.1, -0.05) is 0 Å². The lowest BCUT2D eigenvalue weighted by Crippen LogP contribution is -2.35. The van der Waals surface area contributed by atoms with Crippen molar-refractivity contribution >= 4 is 5.78 Å². The fourth-order valence-electron chi connectivity index (χ4n) is 2.40. The molecule has 21 heavy (non-hydrogen) atoms. The van der Waals surface area contributed by atoms with Gasteiger partial charge in [-0.25, -0.2) is 0 Å². The summed E-state index contributed by atoms with van der Waals surface area (Å²) in [7, 11) is 0. The van der Waals surface area contributed by atoms with Crippen LogP contribution in [-0.2, 0) is 4.79 Å². The molecule has 0 amide bonds. The number of hydrogen-bond acceptors (Lipinski definition) is 8. The Morgan fingerprint density at radius 3 is 2.29 bits per heavy atom. The molecular weight excluding hydrogens is 282 g/mol. The first kappa shape index (κ1) is 13.1. The zero-order valence-corrected chi connectivity index (χ0v) is 10.5. The lowest BCUT2D eigenvalue weighted by Gasteiger charge is -2.31. The third-order valence-electron chi connectivity index (χ3n) is 3.52. The molecule has 1 unspecified atom stereocenters. The summed E-state index contributed by atoms with van der Waals surface area (Å²) in [6, 6.07) is 0. The Hall–Kier alpha value is -2.87. The van der Waals surface area contributed by atoms with E-state index in [4.69, 9.17) is 0 Å². The molecule has 0 radical (unpaired) electrons. The van der Waals surface area contributed by atoms with Crippen molar-refractivity contribution in [2.24, 2.45) is 0 Å².